The van der Waals surface area contributed by atoms with Crippen LogP contribution in [0.15, 0.2) is 53.5 Å². The van der Waals surface area contributed by atoms with Crippen molar-refractivity contribution in [2.24, 2.45) is 16.6 Å². The summed E-state index contributed by atoms with van der Waals surface area (Å²) < 4.78 is 45.1. The molecule has 9 heteroatoms. The first-order chi connectivity index (χ1) is 16.2. The normalized spacial score (nSPS) is 16.4. The van der Waals surface area contributed by atoms with Gasteiger partial charge in [0.1, 0.15) is 11.6 Å². The van der Waals surface area contributed by atoms with Crippen LogP contribution in [-0.4, -0.2) is 44.1 Å². The second kappa shape index (κ2) is 15.0. The third-order valence-corrected chi connectivity index (χ3v) is 4.76. The minimum Gasteiger partial charge on any atom is -0.435 e. The standard InChI is InChI=1S/C10H10FN3O.C8H8F2O.C5H10O.C2H6/c1-14-9(15)8(13-10(14)12)6-2-4-7(11)5-3-6;1-6-4-2-3-5-7(6)11-8(9)10;1-6-4-5-2-3-5;1-2/h2-5,8H,1H3,(H2,12,13);2-5,8H,1H3;5H,2-4H2,1H3;1-2H3/t8-;;;/m1.../s1. The van der Waals surface area contributed by atoms with Gasteiger partial charge < -0.3 is 15.2 Å². The average Bonchev–Trinajstić information content (AvgIpc) is 3.61. The molecule has 1 aliphatic heterocycles. The number of benzene rings is 2. The Hall–Kier alpha value is -3.07. The molecule has 34 heavy (non-hydrogen) atoms. The van der Waals surface area contributed by atoms with E-state index in [9.17, 15) is 18.0 Å². The van der Waals surface area contributed by atoms with Gasteiger partial charge in [0.05, 0.1) is 0 Å². The van der Waals surface area contributed by atoms with Crippen LogP contribution >= 0.6 is 0 Å². The number of nitrogens with two attached hydrogens (primary N) is 1. The summed E-state index contributed by atoms with van der Waals surface area (Å²) in [6, 6.07) is 11.7. The Morgan fingerprint density at radius 3 is 2.12 bits per heavy atom. The van der Waals surface area contributed by atoms with Crippen LogP contribution < -0.4 is 10.5 Å². The highest BCUT2D eigenvalue weighted by molar-refractivity contribution is 6.04. The lowest BCUT2D eigenvalue weighted by Gasteiger charge is -2.09. The van der Waals surface area contributed by atoms with Gasteiger partial charge in [-0.2, -0.15) is 8.78 Å². The van der Waals surface area contributed by atoms with Gasteiger partial charge in [-0.3, -0.25) is 9.69 Å². The maximum Gasteiger partial charge on any atom is 0.387 e. The fourth-order valence-electron chi connectivity index (χ4n) is 2.74. The second-order valence-corrected chi connectivity index (χ2v) is 7.38. The van der Waals surface area contributed by atoms with Gasteiger partial charge in [0, 0.05) is 20.8 Å². The molecule has 0 bridgehead atoms. The first kappa shape index (κ1) is 29.0. The first-order valence-electron chi connectivity index (χ1n) is 11.1. The van der Waals surface area contributed by atoms with Gasteiger partial charge >= 0.3 is 6.61 Å². The van der Waals surface area contributed by atoms with Crippen LogP contribution in [0.4, 0.5) is 13.2 Å². The summed E-state index contributed by atoms with van der Waals surface area (Å²) in [4.78, 5) is 16.9. The highest BCUT2D eigenvalue weighted by Gasteiger charge is 2.31. The summed E-state index contributed by atoms with van der Waals surface area (Å²) in [5.74, 6) is 0.820. The molecule has 1 fully saturated rings. The number of alkyl halides is 2. The molecule has 0 unspecified atom stereocenters. The van der Waals surface area contributed by atoms with Gasteiger partial charge in [0.15, 0.2) is 12.0 Å². The molecule has 188 valence electrons. The van der Waals surface area contributed by atoms with Crippen LogP contribution in [0, 0.1) is 18.7 Å². The van der Waals surface area contributed by atoms with E-state index in [-0.39, 0.29) is 23.4 Å². The van der Waals surface area contributed by atoms with Crippen molar-refractivity contribution in [3.05, 3.63) is 65.5 Å². The van der Waals surface area contributed by atoms with Crippen LogP contribution in [0.1, 0.15) is 43.9 Å². The smallest absolute Gasteiger partial charge is 0.387 e. The quantitative estimate of drug-likeness (QED) is 0.627. The molecule has 0 saturated heterocycles. The van der Waals surface area contributed by atoms with Crippen molar-refractivity contribution in [3.8, 4) is 5.75 Å². The van der Waals surface area contributed by atoms with Crippen molar-refractivity contribution in [2.75, 3.05) is 20.8 Å². The van der Waals surface area contributed by atoms with Gasteiger partial charge in [-0.25, -0.2) is 9.38 Å². The molecule has 4 rings (SSSR count). The molecule has 2 N–H and O–H groups in total. The third kappa shape index (κ3) is 9.82. The number of methoxy groups -OCH3 is 1. The van der Waals surface area contributed by atoms with Crippen LogP contribution in [0.25, 0.3) is 0 Å². The van der Waals surface area contributed by atoms with Crippen molar-refractivity contribution < 1.29 is 27.4 Å². The highest BCUT2D eigenvalue weighted by atomic mass is 19.3. The Morgan fingerprint density at radius 2 is 1.71 bits per heavy atom. The fraction of sp³-hybridized carbons (Fsp3) is 0.440. The molecule has 0 radical (unpaired) electrons. The van der Waals surface area contributed by atoms with Crippen molar-refractivity contribution in [1.82, 2.24) is 4.90 Å². The molecule has 2 aromatic rings. The van der Waals surface area contributed by atoms with E-state index < -0.39 is 12.7 Å². The first-order valence-corrected chi connectivity index (χ1v) is 11.1. The minimum atomic E-state index is -2.74. The summed E-state index contributed by atoms with van der Waals surface area (Å²) in [5, 5.41) is 0. The van der Waals surface area contributed by atoms with E-state index in [4.69, 9.17) is 10.5 Å². The lowest BCUT2D eigenvalue weighted by atomic mass is 10.1. The minimum absolute atomic E-state index is 0.189. The molecular weight excluding hydrogens is 447 g/mol. The summed E-state index contributed by atoms with van der Waals surface area (Å²) >= 11 is 0. The molecule has 2 aliphatic rings. The van der Waals surface area contributed by atoms with E-state index in [0.717, 1.165) is 12.5 Å². The Morgan fingerprint density at radius 1 is 1.12 bits per heavy atom. The van der Waals surface area contributed by atoms with Crippen molar-refractivity contribution >= 4 is 11.9 Å². The van der Waals surface area contributed by atoms with Gasteiger partial charge in [-0.05, 0) is 55.0 Å². The summed E-state index contributed by atoms with van der Waals surface area (Å²) in [6.45, 7) is 3.97. The molecular formula is C25H34F3N3O3. The van der Waals surface area contributed by atoms with Gasteiger partial charge in [0.25, 0.3) is 5.91 Å². The zero-order valence-electron chi connectivity index (χ0n) is 20.3. The number of para-hydroxylation sites is 1. The van der Waals surface area contributed by atoms with Crippen molar-refractivity contribution in [2.45, 2.75) is 46.3 Å². The molecule has 1 heterocycles. The van der Waals surface area contributed by atoms with Crippen LogP contribution in [-0.2, 0) is 9.53 Å². The van der Waals surface area contributed by atoms with E-state index in [1.165, 1.54) is 48.1 Å². The number of aliphatic imine (C=N–C) groups is 1. The Bertz CT molecular complexity index is 904. The van der Waals surface area contributed by atoms with Gasteiger partial charge in [-0.1, -0.05) is 44.2 Å². The number of aryl methyl sites for hydroxylation is 1. The number of guanidine groups is 1. The topological polar surface area (TPSA) is 77.2 Å². The van der Waals surface area contributed by atoms with Gasteiger partial charge in [0.2, 0.25) is 0 Å². The monoisotopic (exact) mass is 481 g/mol. The lowest BCUT2D eigenvalue weighted by molar-refractivity contribution is -0.126. The van der Waals surface area contributed by atoms with Crippen LogP contribution in [0.5, 0.6) is 5.75 Å². The van der Waals surface area contributed by atoms with E-state index in [1.807, 2.05) is 13.8 Å². The Balaban J connectivity index is 0.000000266. The summed E-state index contributed by atoms with van der Waals surface area (Å²) in [6.07, 6.45) is 2.79. The predicted octanol–water partition coefficient (Wildman–Crippen LogP) is 5.32. The van der Waals surface area contributed by atoms with Gasteiger partial charge in [-0.15, -0.1) is 0 Å². The number of likely N-dealkylation sites (N-methyl/N-ethyl adjacent to an activating group) is 1. The zero-order valence-corrected chi connectivity index (χ0v) is 20.3. The van der Waals surface area contributed by atoms with Crippen molar-refractivity contribution in [1.29, 1.82) is 0 Å². The molecule has 1 saturated carbocycles. The molecule has 0 aromatic heterocycles. The number of hydrogen-bond acceptors (Lipinski definition) is 5. The third-order valence-electron chi connectivity index (χ3n) is 4.76. The maximum absolute atomic E-state index is 12.7. The van der Waals surface area contributed by atoms with E-state index >= 15 is 0 Å². The summed E-state index contributed by atoms with van der Waals surface area (Å²) in [7, 11) is 3.32. The number of carbonyl (C=O) groups excluding carboxylic acids is 1. The van der Waals surface area contributed by atoms with E-state index in [1.54, 1.807) is 39.3 Å². The van der Waals surface area contributed by atoms with E-state index in [0.29, 0.717) is 11.1 Å². The molecule has 1 atom stereocenters. The highest BCUT2D eigenvalue weighted by Crippen LogP contribution is 2.28. The number of carbonyl (C=O) groups is 1. The molecule has 1 aliphatic carbocycles. The SMILES string of the molecule is CC.CN1C(=O)[C@@H](c2ccc(F)cc2)N=C1N.COCC1CC1.Cc1ccccc1OC(F)F. The van der Waals surface area contributed by atoms with Crippen LogP contribution in [0.3, 0.4) is 0 Å². The van der Waals surface area contributed by atoms with Crippen LogP contribution in [0.2, 0.25) is 0 Å². The second-order valence-electron chi connectivity index (χ2n) is 7.38. The lowest BCUT2D eigenvalue weighted by Crippen LogP contribution is -2.34. The average molecular weight is 482 g/mol. The van der Waals surface area contributed by atoms with Crippen molar-refractivity contribution in [3.63, 3.8) is 0 Å². The zero-order chi connectivity index (χ0) is 25.7. The number of ether oxygens (including phenoxy) is 2. The summed E-state index contributed by atoms with van der Waals surface area (Å²) in [5.41, 5.74) is 6.87. The number of amides is 1. The molecule has 1 amide bonds. The Kier molecular flexibility index (Phi) is 12.7. The number of rotatable bonds is 5. The fourth-order valence-corrected chi connectivity index (χ4v) is 2.74. The molecule has 6 nitrogen and oxygen atoms in total. The number of halogens is 3. The largest absolute Gasteiger partial charge is 0.435 e. The number of nitrogens with zero attached hydrogens (tertiary/aromatic N) is 2. The van der Waals surface area contributed by atoms with E-state index in [2.05, 4.69) is 9.73 Å². The maximum atomic E-state index is 12.7. The molecule has 0 spiro atoms. The number of hydrogen-bond donors (Lipinski definition) is 1. The molecule has 2 aromatic carbocycles. The predicted molar refractivity (Wildman–Crippen MR) is 127 cm³/mol. The Labute approximate surface area is 199 Å².